The van der Waals surface area contributed by atoms with Gasteiger partial charge in [-0.25, -0.2) is 0 Å². The van der Waals surface area contributed by atoms with Crippen LogP contribution < -0.4 is 4.74 Å². The summed E-state index contributed by atoms with van der Waals surface area (Å²) in [4.78, 5) is 14.3. The number of nitrogens with zero attached hydrogens (tertiary/aromatic N) is 2. The molecule has 0 amide bonds. The van der Waals surface area contributed by atoms with Gasteiger partial charge < -0.3 is 9.84 Å². The summed E-state index contributed by atoms with van der Waals surface area (Å²) in [6.07, 6.45) is 1.65. The highest BCUT2D eigenvalue weighted by Gasteiger charge is 2.11. The molecule has 104 valence electrons. The molecule has 20 heavy (non-hydrogen) atoms. The van der Waals surface area contributed by atoms with Gasteiger partial charge in [0.2, 0.25) is 0 Å². The first-order chi connectivity index (χ1) is 9.60. The largest absolute Gasteiger partial charge is 0.487 e. The maximum atomic E-state index is 10.7. The number of hydrogen-bond donors (Lipinski definition) is 1. The van der Waals surface area contributed by atoms with Crippen LogP contribution in [0, 0.1) is 10.1 Å². The van der Waals surface area contributed by atoms with Gasteiger partial charge >= 0.3 is 0 Å². The lowest BCUT2D eigenvalue weighted by atomic mass is 10.2. The van der Waals surface area contributed by atoms with Crippen molar-refractivity contribution >= 4 is 21.6 Å². The Labute approximate surface area is 123 Å². The van der Waals surface area contributed by atoms with E-state index >= 15 is 0 Å². The second-order valence-electron chi connectivity index (χ2n) is 3.96. The lowest BCUT2D eigenvalue weighted by molar-refractivity contribution is -0.385. The molecule has 1 aromatic carbocycles. The normalized spacial score (nSPS) is 10.3. The van der Waals surface area contributed by atoms with E-state index < -0.39 is 4.92 Å². The Morgan fingerprint density at radius 1 is 1.35 bits per heavy atom. The smallest absolute Gasteiger partial charge is 0.270 e. The summed E-state index contributed by atoms with van der Waals surface area (Å²) in [6, 6.07) is 7.75. The maximum absolute atomic E-state index is 10.7. The zero-order valence-electron chi connectivity index (χ0n) is 10.3. The van der Waals surface area contributed by atoms with Crippen molar-refractivity contribution in [2.75, 3.05) is 0 Å². The fraction of sp³-hybridized carbons (Fsp3) is 0.154. The molecule has 0 unspecified atom stereocenters. The van der Waals surface area contributed by atoms with E-state index in [0.717, 1.165) is 10.2 Å². The maximum Gasteiger partial charge on any atom is 0.270 e. The molecule has 0 saturated carbocycles. The van der Waals surface area contributed by atoms with Crippen LogP contribution in [0.2, 0.25) is 0 Å². The molecule has 1 heterocycles. The summed E-state index contributed by atoms with van der Waals surface area (Å²) in [5, 5.41) is 19.9. The molecule has 0 aliphatic rings. The number of non-ortho nitro benzene ring substituents is 1. The molecule has 0 aliphatic heterocycles. The Hall–Kier alpha value is -1.99. The molecule has 0 atom stereocenters. The van der Waals surface area contributed by atoms with Crippen molar-refractivity contribution in [3.8, 4) is 5.75 Å². The number of halogens is 1. The first-order valence-corrected chi connectivity index (χ1v) is 6.51. The minimum Gasteiger partial charge on any atom is -0.487 e. The van der Waals surface area contributed by atoms with Gasteiger partial charge in [-0.05, 0) is 34.1 Å². The average molecular weight is 339 g/mol. The van der Waals surface area contributed by atoms with Gasteiger partial charge in [-0.3, -0.25) is 15.1 Å². The fourth-order valence-corrected chi connectivity index (χ4v) is 1.82. The number of rotatable bonds is 5. The summed E-state index contributed by atoms with van der Waals surface area (Å²) in [5.74, 6) is 0.405. The SMILES string of the molecule is O=[N+]([O-])c1ccc(OCc2ccc(Br)cn2)c(CO)c1. The summed E-state index contributed by atoms with van der Waals surface area (Å²) in [6.45, 7) is -0.108. The van der Waals surface area contributed by atoms with Crippen LogP contribution in [-0.2, 0) is 13.2 Å². The van der Waals surface area contributed by atoms with Crippen LogP contribution in [0.3, 0.4) is 0 Å². The van der Waals surface area contributed by atoms with E-state index in [1.165, 1.54) is 18.2 Å². The van der Waals surface area contributed by atoms with E-state index in [2.05, 4.69) is 20.9 Å². The van der Waals surface area contributed by atoms with Gasteiger partial charge in [0.1, 0.15) is 12.4 Å². The molecule has 0 bridgehead atoms. The molecule has 7 heteroatoms. The third kappa shape index (κ3) is 3.52. The Bertz CT molecular complexity index is 616. The van der Waals surface area contributed by atoms with Crippen molar-refractivity contribution in [3.63, 3.8) is 0 Å². The first kappa shape index (κ1) is 14.4. The Kier molecular flexibility index (Phi) is 4.65. The van der Waals surface area contributed by atoms with Gasteiger partial charge in [-0.15, -0.1) is 0 Å². The average Bonchev–Trinajstić information content (AvgIpc) is 2.46. The summed E-state index contributed by atoms with van der Waals surface area (Å²) < 4.78 is 6.40. The van der Waals surface area contributed by atoms with E-state index in [9.17, 15) is 15.2 Å². The number of aliphatic hydroxyl groups is 1. The molecule has 0 saturated heterocycles. The fourth-order valence-electron chi connectivity index (χ4n) is 1.59. The molecule has 0 fully saturated rings. The predicted molar refractivity (Wildman–Crippen MR) is 75.3 cm³/mol. The van der Waals surface area contributed by atoms with Crippen LogP contribution >= 0.6 is 15.9 Å². The van der Waals surface area contributed by atoms with Crippen LogP contribution in [0.4, 0.5) is 5.69 Å². The van der Waals surface area contributed by atoms with Crippen molar-refractivity contribution in [1.82, 2.24) is 4.98 Å². The second-order valence-corrected chi connectivity index (χ2v) is 4.88. The monoisotopic (exact) mass is 338 g/mol. The molecular formula is C13H11BrN2O4. The van der Waals surface area contributed by atoms with Gasteiger partial charge in [0.25, 0.3) is 5.69 Å². The van der Waals surface area contributed by atoms with E-state index in [4.69, 9.17) is 4.74 Å². The van der Waals surface area contributed by atoms with Crippen LogP contribution in [-0.4, -0.2) is 15.0 Å². The van der Waals surface area contributed by atoms with E-state index in [-0.39, 0.29) is 18.9 Å². The minimum atomic E-state index is -0.515. The molecule has 0 spiro atoms. The molecule has 1 aromatic heterocycles. The highest BCUT2D eigenvalue weighted by atomic mass is 79.9. The highest BCUT2D eigenvalue weighted by molar-refractivity contribution is 9.10. The van der Waals surface area contributed by atoms with Gasteiger partial charge in [0.05, 0.1) is 17.2 Å². The number of aromatic nitrogens is 1. The van der Waals surface area contributed by atoms with Crippen LogP contribution in [0.25, 0.3) is 0 Å². The van der Waals surface area contributed by atoms with Crippen molar-refractivity contribution in [3.05, 3.63) is 62.4 Å². The van der Waals surface area contributed by atoms with Crippen LogP contribution in [0.1, 0.15) is 11.3 Å². The predicted octanol–water partition coefficient (Wildman–Crippen LogP) is 2.82. The lowest BCUT2D eigenvalue weighted by Gasteiger charge is -2.09. The Balaban J connectivity index is 2.12. The zero-order chi connectivity index (χ0) is 14.5. The summed E-state index contributed by atoms with van der Waals surface area (Å²) in [7, 11) is 0. The third-order valence-corrected chi connectivity index (χ3v) is 3.06. The number of nitro benzene ring substituents is 1. The molecule has 1 N–H and O–H groups in total. The number of nitro groups is 1. The van der Waals surface area contributed by atoms with Gasteiger partial charge in [0.15, 0.2) is 0 Å². The van der Waals surface area contributed by atoms with Crippen LogP contribution in [0.15, 0.2) is 41.0 Å². The van der Waals surface area contributed by atoms with Crippen molar-refractivity contribution < 1.29 is 14.8 Å². The van der Waals surface area contributed by atoms with E-state index in [1.807, 2.05) is 6.07 Å². The van der Waals surface area contributed by atoms with E-state index in [0.29, 0.717) is 11.3 Å². The standard InChI is InChI=1S/C13H11BrN2O4/c14-10-1-2-11(15-6-10)8-20-13-4-3-12(16(18)19)5-9(13)7-17/h1-6,17H,7-8H2. The Morgan fingerprint density at radius 2 is 2.15 bits per heavy atom. The van der Waals surface area contributed by atoms with E-state index in [1.54, 1.807) is 12.3 Å². The Morgan fingerprint density at radius 3 is 2.75 bits per heavy atom. The zero-order valence-corrected chi connectivity index (χ0v) is 11.9. The first-order valence-electron chi connectivity index (χ1n) is 5.71. The topological polar surface area (TPSA) is 85.5 Å². The highest BCUT2D eigenvalue weighted by Crippen LogP contribution is 2.25. The molecule has 0 radical (unpaired) electrons. The summed E-state index contributed by atoms with van der Waals surface area (Å²) in [5.41, 5.74) is 1.01. The molecular weight excluding hydrogens is 328 g/mol. The number of hydrogen-bond acceptors (Lipinski definition) is 5. The second kappa shape index (κ2) is 6.44. The van der Waals surface area contributed by atoms with Crippen molar-refractivity contribution in [1.29, 1.82) is 0 Å². The van der Waals surface area contributed by atoms with Gasteiger partial charge in [-0.2, -0.15) is 0 Å². The quantitative estimate of drug-likeness (QED) is 0.669. The number of benzene rings is 1. The van der Waals surface area contributed by atoms with Gasteiger partial charge in [0, 0.05) is 28.4 Å². The van der Waals surface area contributed by atoms with Crippen molar-refractivity contribution in [2.24, 2.45) is 0 Å². The molecule has 6 nitrogen and oxygen atoms in total. The molecule has 0 aliphatic carbocycles. The molecule has 2 rings (SSSR count). The lowest BCUT2D eigenvalue weighted by Crippen LogP contribution is -2.01. The molecule has 2 aromatic rings. The van der Waals surface area contributed by atoms with Crippen molar-refractivity contribution in [2.45, 2.75) is 13.2 Å². The van der Waals surface area contributed by atoms with Gasteiger partial charge in [-0.1, -0.05) is 0 Å². The number of pyridine rings is 1. The third-order valence-electron chi connectivity index (χ3n) is 2.59. The van der Waals surface area contributed by atoms with Crippen LogP contribution in [0.5, 0.6) is 5.75 Å². The minimum absolute atomic E-state index is 0.0804. The summed E-state index contributed by atoms with van der Waals surface area (Å²) >= 11 is 3.29. The number of ether oxygens (including phenoxy) is 1. The number of aliphatic hydroxyl groups excluding tert-OH is 1.